The number of nitrogens with zero attached hydrogens (tertiary/aromatic N) is 5. The molecule has 0 saturated carbocycles. The number of amides is 2. The molecule has 1 aromatic heterocycles. The first-order valence-electron chi connectivity index (χ1n) is 15.4. The van der Waals surface area contributed by atoms with Crippen LogP contribution in [0.25, 0.3) is 5.69 Å². The Bertz CT molecular complexity index is 1040. The number of carbonyl (C=O) groups excluding carboxylic acids is 2. The molecule has 2 aromatic rings. The van der Waals surface area contributed by atoms with E-state index in [2.05, 4.69) is 34.5 Å². The van der Waals surface area contributed by atoms with Gasteiger partial charge in [0, 0.05) is 50.6 Å². The SMILES string of the molecule is CCCCCCCCC(CCCOC(=S)CCCC(=O)N1CCN(C)CC1)NC(=O)c1ccc(-n2ccnn2)cc1. The van der Waals surface area contributed by atoms with Crippen molar-refractivity contribution < 1.29 is 14.3 Å². The molecule has 2 amide bonds. The van der Waals surface area contributed by atoms with Crippen LogP contribution in [0.15, 0.2) is 36.7 Å². The number of unbranched alkanes of at least 4 members (excludes halogenated alkanes) is 5. The van der Waals surface area contributed by atoms with Gasteiger partial charge in [-0.25, -0.2) is 4.68 Å². The molecular weight excluding hydrogens is 536 g/mol. The lowest BCUT2D eigenvalue weighted by Crippen LogP contribution is -2.47. The highest BCUT2D eigenvalue weighted by molar-refractivity contribution is 7.80. The smallest absolute Gasteiger partial charge is 0.251 e. The van der Waals surface area contributed by atoms with Crippen molar-refractivity contribution in [2.75, 3.05) is 39.8 Å². The largest absolute Gasteiger partial charge is 0.487 e. The first kappa shape index (κ1) is 32.7. The van der Waals surface area contributed by atoms with E-state index in [0.29, 0.717) is 30.1 Å². The van der Waals surface area contributed by atoms with E-state index in [4.69, 9.17) is 17.0 Å². The molecule has 3 rings (SSSR count). The van der Waals surface area contributed by atoms with E-state index in [1.165, 1.54) is 32.1 Å². The lowest BCUT2D eigenvalue weighted by atomic mass is 10.0. The maximum atomic E-state index is 13.0. The van der Waals surface area contributed by atoms with Gasteiger partial charge in [-0.3, -0.25) is 9.59 Å². The summed E-state index contributed by atoms with van der Waals surface area (Å²) in [5, 5.41) is 11.7. The number of hydrogen-bond acceptors (Lipinski definition) is 7. The van der Waals surface area contributed by atoms with Gasteiger partial charge in [0.1, 0.15) is 0 Å². The van der Waals surface area contributed by atoms with Crippen molar-refractivity contribution in [3.63, 3.8) is 0 Å². The molecule has 9 nitrogen and oxygen atoms in total. The van der Waals surface area contributed by atoms with Crippen molar-refractivity contribution in [3.8, 4) is 5.69 Å². The lowest BCUT2D eigenvalue weighted by Gasteiger charge is -2.32. The highest BCUT2D eigenvalue weighted by Crippen LogP contribution is 2.14. The fourth-order valence-electron chi connectivity index (χ4n) is 5.03. The zero-order valence-corrected chi connectivity index (χ0v) is 25.7. The van der Waals surface area contributed by atoms with Gasteiger partial charge in [0.15, 0.2) is 5.05 Å². The number of nitrogens with one attached hydrogen (secondary N) is 1. The van der Waals surface area contributed by atoms with E-state index in [-0.39, 0.29) is 17.9 Å². The molecule has 2 heterocycles. The molecule has 1 fully saturated rings. The van der Waals surface area contributed by atoms with Gasteiger partial charge in [-0.15, -0.1) is 5.10 Å². The van der Waals surface area contributed by atoms with Crippen LogP contribution in [-0.2, 0) is 9.53 Å². The van der Waals surface area contributed by atoms with Crippen LogP contribution in [0.2, 0.25) is 0 Å². The third kappa shape index (κ3) is 12.3. The van der Waals surface area contributed by atoms with Crippen molar-refractivity contribution in [2.24, 2.45) is 0 Å². The molecule has 1 N–H and O–H groups in total. The number of aromatic nitrogens is 3. The molecule has 41 heavy (non-hydrogen) atoms. The zero-order chi connectivity index (χ0) is 29.3. The summed E-state index contributed by atoms with van der Waals surface area (Å²) >= 11 is 5.42. The monoisotopic (exact) mass is 584 g/mol. The van der Waals surface area contributed by atoms with Crippen LogP contribution in [0.3, 0.4) is 0 Å². The van der Waals surface area contributed by atoms with Gasteiger partial charge in [0.05, 0.1) is 24.7 Å². The van der Waals surface area contributed by atoms with E-state index in [1.807, 2.05) is 29.2 Å². The second-order valence-corrected chi connectivity index (χ2v) is 11.5. The molecule has 0 radical (unpaired) electrons. The Labute approximate surface area is 251 Å². The Morgan fingerprint density at radius 2 is 1.66 bits per heavy atom. The molecule has 0 bridgehead atoms. The highest BCUT2D eigenvalue weighted by Gasteiger charge is 2.19. The third-order valence-electron chi connectivity index (χ3n) is 7.65. The molecule has 1 aliphatic rings. The Balaban J connectivity index is 1.38. The molecule has 226 valence electrons. The van der Waals surface area contributed by atoms with Crippen molar-refractivity contribution >= 4 is 29.1 Å². The van der Waals surface area contributed by atoms with Crippen LogP contribution >= 0.6 is 12.2 Å². The first-order valence-corrected chi connectivity index (χ1v) is 15.8. The minimum absolute atomic E-state index is 0.0624. The molecule has 1 aromatic carbocycles. The van der Waals surface area contributed by atoms with Gasteiger partial charge >= 0.3 is 0 Å². The highest BCUT2D eigenvalue weighted by atomic mass is 32.1. The minimum atomic E-state index is -0.0624. The predicted molar refractivity (Wildman–Crippen MR) is 166 cm³/mol. The van der Waals surface area contributed by atoms with Crippen LogP contribution in [0, 0.1) is 0 Å². The number of thiocarbonyl (C=S) groups is 1. The number of likely N-dealkylation sites (N-methyl/N-ethyl adjacent to an activating group) is 1. The summed E-state index contributed by atoms with van der Waals surface area (Å²) in [6.45, 7) is 6.24. The molecule has 1 saturated heterocycles. The number of ether oxygens (including phenoxy) is 1. The van der Waals surface area contributed by atoms with Crippen LogP contribution in [-0.4, -0.2) is 87.5 Å². The number of carbonyl (C=O) groups is 2. The summed E-state index contributed by atoms with van der Waals surface area (Å²) < 4.78 is 7.48. The van der Waals surface area contributed by atoms with Gasteiger partial charge in [0.2, 0.25) is 5.91 Å². The van der Waals surface area contributed by atoms with Crippen LogP contribution in [0.4, 0.5) is 0 Å². The van der Waals surface area contributed by atoms with Gasteiger partial charge < -0.3 is 19.9 Å². The number of hydrogen-bond donors (Lipinski definition) is 1. The summed E-state index contributed by atoms with van der Waals surface area (Å²) in [4.78, 5) is 29.7. The maximum Gasteiger partial charge on any atom is 0.251 e. The lowest BCUT2D eigenvalue weighted by molar-refractivity contribution is -0.132. The first-order chi connectivity index (χ1) is 20.0. The van der Waals surface area contributed by atoms with Crippen molar-refractivity contribution in [3.05, 3.63) is 42.2 Å². The minimum Gasteiger partial charge on any atom is -0.487 e. The van der Waals surface area contributed by atoms with Crippen LogP contribution < -0.4 is 5.32 Å². The average Bonchev–Trinajstić information content (AvgIpc) is 3.52. The van der Waals surface area contributed by atoms with E-state index >= 15 is 0 Å². The molecule has 0 aliphatic carbocycles. The summed E-state index contributed by atoms with van der Waals surface area (Å²) in [5.74, 6) is 0.148. The topological polar surface area (TPSA) is 92.6 Å². The van der Waals surface area contributed by atoms with Crippen molar-refractivity contribution in [1.29, 1.82) is 0 Å². The quantitative estimate of drug-likeness (QED) is 0.191. The molecule has 1 atom stereocenters. The molecule has 1 unspecified atom stereocenters. The van der Waals surface area contributed by atoms with E-state index < -0.39 is 0 Å². The maximum absolute atomic E-state index is 13.0. The number of piperazine rings is 1. The van der Waals surface area contributed by atoms with E-state index in [9.17, 15) is 9.59 Å². The number of benzene rings is 1. The second kappa shape index (κ2) is 18.6. The van der Waals surface area contributed by atoms with Crippen LogP contribution in [0.1, 0.15) is 94.3 Å². The van der Waals surface area contributed by atoms with Crippen LogP contribution in [0.5, 0.6) is 0 Å². The standard InChI is InChI=1S/C31H48N6O3S/c1-3-4-5-6-7-8-11-27(33-31(39)26-15-17-28(18-16-26)37-20-19-32-34-37)12-10-25-40-30(41)14-9-13-29(38)36-23-21-35(2)22-24-36/h15-20,27H,3-14,21-25H2,1-2H3,(H,33,39). The summed E-state index contributed by atoms with van der Waals surface area (Å²) in [7, 11) is 2.09. The van der Waals surface area contributed by atoms with E-state index in [0.717, 1.165) is 64.0 Å². The normalized spacial score (nSPS) is 14.5. The average molecular weight is 585 g/mol. The van der Waals surface area contributed by atoms with Gasteiger partial charge in [-0.2, -0.15) is 0 Å². The summed E-state index contributed by atoms with van der Waals surface area (Å²) in [5.41, 5.74) is 1.49. The van der Waals surface area contributed by atoms with Gasteiger partial charge in [-0.1, -0.05) is 50.7 Å². The Morgan fingerprint density at radius 1 is 0.951 bits per heavy atom. The molecule has 0 spiro atoms. The predicted octanol–water partition coefficient (Wildman–Crippen LogP) is 5.18. The molecule has 10 heteroatoms. The van der Waals surface area contributed by atoms with Crippen molar-refractivity contribution in [1.82, 2.24) is 30.1 Å². The fraction of sp³-hybridized carbons (Fsp3) is 0.645. The Hall–Kier alpha value is -2.85. The zero-order valence-electron chi connectivity index (χ0n) is 24.9. The van der Waals surface area contributed by atoms with Gasteiger partial charge in [-0.05, 0) is 69.2 Å². The third-order valence-corrected chi connectivity index (χ3v) is 7.97. The fourth-order valence-corrected chi connectivity index (χ4v) is 5.25. The van der Waals surface area contributed by atoms with E-state index in [1.54, 1.807) is 17.1 Å². The molecule has 1 aliphatic heterocycles. The number of rotatable bonds is 18. The van der Waals surface area contributed by atoms with Gasteiger partial charge in [0.25, 0.3) is 5.91 Å². The second-order valence-electron chi connectivity index (χ2n) is 11.0. The summed E-state index contributed by atoms with van der Waals surface area (Å²) in [6.07, 6.45) is 15.2. The Kier molecular flexibility index (Phi) is 14.8. The Morgan fingerprint density at radius 3 is 2.37 bits per heavy atom. The summed E-state index contributed by atoms with van der Waals surface area (Å²) in [6, 6.07) is 7.48. The van der Waals surface area contributed by atoms with Crippen molar-refractivity contribution in [2.45, 2.75) is 90.0 Å². The molecular formula is C31H48N6O3S.